The van der Waals surface area contributed by atoms with Crippen molar-refractivity contribution in [3.63, 3.8) is 0 Å². The van der Waals surface area contributed by atoms with Crippen molar-refractivity contribution in [3.8, 4) is 0 Å². The second-order valence-electron chi connectivity index (χ2n) is 4.94. The van der Waals surface area contributed by atoms with E-state index < -0.39 is 0 Å². The summed E-state index contributed by atoms with van der Waals surface area (Å²) in [6.07, 6.45) is 1.33. The van der Waals surface area contributed by atoms with E-state index in [-0.39, 0.29) is 0 Å². The lowest BCUT2D eigenvalue weighted by Crippen LogP contribution is -2.19. The van der Waals surface area contributed by atoms with Gasteiger partial charge in [0.05, 0.1) is 0 Å². The lowest BCUT2D eigenvalue weighted by Gasteiger charge is -2.19. The molecule has 2 nitrogen and oxygen atoms in total. The highest BCUT2D eigenvalue weighted by molar-refractivity contribution is 5.48. The van der Waals surface area contributed by atoms with Gasteiger partial charge in [0.2, 0.25) is 0 Å². The molecule has 88 valence electrons. The summed E-state index contributed by atoms with van der Waals surface area (Å²) < 4.78 is 0. The van der Waals surface area contributed by atoms with Crippen LogP contribution in [0.4, 0.5) is 5.69 Å². The normalized spacial score (nSPS) is 22.4. The third-order valence-corrected chi connectivity index (χ3v) is 3.62. The Bertz CT molecular complexity index is 331. The van der Waals surface area contributed by atoms with Crippen molar-refractivity contribution in [1.29, 1.82) is 0 Å². The van der Waals surface area contributed by atoms with Crippen LogP contribution >= 0.6 is 0 Å². The molecule has 1 fully saturated rings. The lowest BCUT2D eigenvalue weighted by molar-refractivity contribution is 0.652. The molecule has 1 N–H and O–H groups in total. The van der Waals surface area contributed by atoms with Gasteiger partial charge in [0, 0.05) is 24.8 Å². The Labute approximate surface area is 98.7 Å². The summed E-state index contributed by atoms with van der Waals surface area (Å²) in [5, 5.41) is 3.26. The zero-order valence-corrected chi connectivity index (χ0v) is 10.5. The first-order valence-corrected chi connectivity index (χ1v) is 6.23. The average Bonchev–Trinajstić information content (AvgIpc) is 2.75. The number of hydrogen-bond acceptors (Lipinski definition) is 2. The van der Waals surface area contributed by atoms with Crippen LogP contribution in [0.1, 0.15) is 31.9 Å². The molecule has 1 aliphatic heterocycles. The number of rotatable bonds is 3. The van der Waals surface area contributed by atoms with Crippen LogP contribution in [0.2, 0.25) is 0 Å². The number of benzene rings is 1. The monoisotopic (exact) mass is 218 g/mol. The highest BCUT2D eigenvalue weighted by atomic mass is 15.1. The molecule has 1 aromatic carbocycles. The predicted molar refractivity (Wildman–Crippen MR) is 69.9 cm³/mol. The Morgan fingerprint density at radius 1 is 1.31 bits per heavy atom. The molecular weight excluding hydrogens is 196 g/mol. The van der Waals surface area contributed by atoms with Crippen LogP contribution in [0.3, 0.4) is 0 Å². The van der Waals surface area contributed by atoms with Gasteiger partial charge < -0.3 is 10.2 Å². The molecule has 1 aromatic rings. The van der Waals surface area contributed by atoms with Crippen LogP contribution < -0.4 is 10.2 Å². The first-order valence-electron chi connectivity index (χ1n) is 6.23. The Morgan fingerprint density at radius 2 is 2.00 bits per heavy atom. The van der Waals surface area contributed by atoms with E-state index in [1.807, 2.05) is 7.05 Å². The van der Waals surface area contributed by atoms with Gasteiger partial charge in [0.15, 0.2) is 0 Å². The summed E-state index contributed by atoms with van der Waals surface area (Å²) in [6, 6.07) is 9.41. The zero-order valence-electron chi connectivity index (χ0n) is 10.5. The first kappa shape index (κ1) is 11.5. The minimum atomic E-state index is 0.437. The molecule has 16 heavy (non-hydrogen) atoms. The maximum atomic E-state index is 3.26. The number of nitrogens with one attached hydrogen (secondary N) is 1. The molecule has 0 spiro atoms. The van der Waals surface area contributed by atoms with Crippen LogP contribution in [0.15, 0.2) is 24.3 Å². The molecule has 2 rings (SSSR count). The van der Waals surface area contributed by atoms with Gasteiger partial charge in [-0.1, -0.05) is 19.1 Å². The van der Waals surface area contributed by atoms with Crippen molar-refractivity contribution in [3.05, 3.63) is 29.8 Å². The summed E-state index contributed by atoms with van der Waals surface area (Å²) in [5.41, 5.74) is 2.73. The van der Waals surface area contributed by atoms with Gasteiger partial charge >= 0.3 is 0 Å². The van der Waals surface area contributed by atoms with Gasteiger partial charge in [-0.3, -0.25) is 0 Å². The molecule has 1 aliphatic rings. The van der Waals surface area contributed by atoms with E-state index in [9.17, 15) is 0 Å². The summed E-state index contributed by atoms with van der Waals surface area (Å²) in [5.74, 6) is 0.843. The largest absolute Gasteiger partial charge is 0.371 e. The van der Waals surface area contributed by atoms with Crippen molar-refractivity contribution in [2.75, 3.05) is 25.0 Å². The molecule has 0 aliphatic carbocycles. The van der Waals surface area contributed by atoms with E-state index in [1.165, 1.54) is 30.8 Å². The molecule has 0 amide bonds. The number of nitrogens with zero attached hydrogens (tertiary/aromatic N) is 1. The van der Waals surface area contributed by atoms with Crippen molar-refractivity contribution >= 4 is 5.69 Å². The fourth-order valence-electron chi connectivity index (χ4n) is 2.31. The molecule has 0 radical (unpaired) electrons. The Hall–Kier alpha value is -1.02. The highest BCUT2D eigenvalue weighted by Gasteiger charge is 2.18. The minimum absolute atomic E-state index is 0.437. The molecule has 2 unspecified atom stereocenters. The number of anilines is 1. The zero-order chi connectivity index (χ0) is 11.5. The van der Waals surface area contributed by atoms with Crippen molar-refractivity contribution in [2.24, 2.45) is 5.92 Å². The SMILES string of the molecule is CNC(C)c1ccc(N2CCC(C)C2)cc1. The molecule has 0 saturated carbocycles. The second-order valence-corrected chi connectivity index (χ2v) is 4.94. The van der Waals surface area contributed by atoms with E-state index in [2.05, 4.69) is 48.3 Å². The minimum Gasteiger partial charge on any atom is -0.371 e. The van der Waals surface area contributed by atoms with Gasteiger partial charge in [-0.25, -0.2) is 0 Å². The molecule has 1 heterocycles. The van der Waals surface area contributed by atoms with Gasteiger partial charge in [0.25, 0.3) is 0 Å². The van der Waals surface area contributed by atoms with Crippen LogP contribution in [-0.2, 0) is 0 Å². The Kier molecular flexibility index (Phi) is 3.49. The van der Waals surface area contributed by atoms with E-state index in [0.717, 1.165) is 5.92 Å². The maximum Gasteiger partial charge on any atom is 0.0366 e. The summed E-state index contributed by atoms with van der Waals surface area (Å²) in [7, 11) is 2.00. The van der Waals surface area contributed by atoms with E-state index >= 15 is 0 Å². The molecule has 1 saturated heterocycles. The van der Waals surface area contributed by atoms with Crippen molar-refractivity contribution < 1.29 is 0 Å². The van der Waals surface area contributed by atoms with Gasteiger partial charge in [0.1, 0.15) is 0 Å². The average molecular weight is 218 g/mol. The van der Waals surface area contributed by atoms with Crippen LogP contribution in [0.5, 0.6) is 0 Å². The molecule has 2 atom stereocenters. The summed E-state index contributed by atoms with van der Waals surface area (Å²) >= 11 is 0. The third kappa shape index (κ3) is 2.38. The fourth-order valence-corrected chi connectivity index (χ4v) is 2.31. The van der Waals surface area contributed by atoms with Gasteiger partial charge in [-0.2, -0.15) is 0 Å². The Morgan fingerprint density at radius 3 is 2.50 bits per heavy atom. The Balaban J connectivity index is 2.07. The topological polar surface area (TPSA) is 15.3 Å². The summed E-state index contributed by atoms with van der Waals surface area (Å²) in [4.78, 5) is 2.48. The van der Waals surface area contributed by atoms with Crippen LogP contribution in [0.25, 0.3) is 0 Å². The molecular formula is C14H22N2. The number of hydrogen-bond donors (Lipinski definition) is 1. The summed E-state index contributed by atoms with van der Waals surface area (Å²) in [6.45, 7) is 6.94. The quantitative estimate of drug-likeness (QED) is 0.839. The van der Waals surface area contributed by atoms with Crippen LogP contribution in [0, 0.1) is 5.92 Å². The van der Waals surface area contributed by atoms with E-state index in [4.69, 9.17) is 0 Å². The van der Waals surface area contributed by atoms with Crippen molar-refractivity contribution in [2.45, 2.75) is 26.3 Å². The second kappa shape index (κ2) is 4.88. The van der Waals surface area contributed by atoms with Crippen LogP contribution in [-0.4, -0.2) is 20.1 Å². The van der Waals surface area contributed by atoms with E-state index in [1.54, 1.807) is 0 Å². The maximum absolute atomic E-state index is 3.26. The molecule has 2 heteroatoms. The highest BCUT2D eigenvalue weighted by Crippen LogP contribution is 2.24. The smallest absolute Gasteiger partial charge is 0.0366 e. The third-order valence-electron chi connectivity index (χ3n) is 3.62. The first-order chi connectivity index (χ1) is 7.70. The molecule has 0 aromatic heterocycles. The predicted octanol–water partition coefficient (Wildman–Crippen LogP) is 2.81. The molecule has 0 bridgehead atoms. The van der Waals surface area contributed by atoms with E-state index in [0.29, 0.717) is 6.04 Å². The van der Waals surface area contributed by atoms with Gasteiger partial charge in [-0.05, 0) is 44.0 Å². The standard InChI is InChI=1S/C14H22N2/c1-11-8-9-16(10-11)14-6-4-13(5-7-14)12(2)15-3/h4-7,11-12,15H,8-10H2,1-3H3. The van der Waals surface area contributed by atoms with Gasteiger partial charge in [-0.15, -0.1) is 0 Å². The van der Waals surface area contributed by atoms with Crippen molar-refractivity contribution in [1.82, 2.24) is 5.32 Å². The fraction of sp³-hybridized carbons (Fsp3) is 0.571. The lowest BCUT2D eigenvalue weighted by atomic mass is 10.1.